The van der Waals surface area contributed by atoms with Crippen molar-refractivity contribution >= 4 is 32.5 Å². The number of halogens is 1. The van der Waals surface area contributed by atoms with Gasteiger partial charge in [0.2, 0.25) is 0 Å². The summed E-state index contributed by atoms with van der Waals surface area (Å²) in [5.74, 6) is 0.722. The molecule has 0 fully saturated rings. The van der Waals surface area contributed by atoms with Gasteiger partial charge in [0.1, 0.15) is 5.75 Å². The summed E-state index contributed by atoms with van der Waals surface area (Å²) in [5.41, 5.74) is 5.36. The second kappa shape index (κ2) is 8.91. The average molecular weight is 502 g/mol. The molecule has 5 aromatic rings. The van der Waals surface area contributed by atoms with Crippen molar-refractivity contribution in [1.29, 1.82) is 0 Å². The Bertz CT molecular complexity index is 1630. The molecule has 0 saturated carbocycles. The van der Waals surface area contributed by atoms with Gasteiger partial charge in [-0.1, -0.05) is 71.8 Å². The quantitative estimate of drug-likeness (QED) is 0.250. The Labute approximate surface area is 210 Å². The van der Waals surface area contributed by atoms with Gasteiger partial charge in [0.05, 0.1) is 28.2 Å². The molecule has 4 aromatic carbocycles. The Morgan fingerprint density at radius 2 is 1.46 bits per heavy atom. The standard InChI is InChI=1S/C29H24ClNO3S/c1-19-11-17-23(18-12-19)35(32,33)31-26-10-5-4-8-24(26)28(21-13-15-22(34-3)16-14-21)29(31)27-20(2)7-6-9-25(27)30/h4-18H,1-3H3. The van der Waals surface area contributed by atoms with Gasteiger partial charge in [-0.05, 0) is 61.4 Å². The molecule has 1 heterocycles. The summed E-state index contributed by atoms with van der Waals surface area (Å²) in [7, 11) is -2.34. The smallest absolute Gasteiger partial charge is 0.268 e. The lowest BCUT2D eigenvalue weighted by molar-refractivity contribution is 0.415. The van der Waals surface area contributed by atoms with Crippen LogP contribution in [0.1, 0.15) is 11.1 Å². The minimum absolute atomic E-state index is 0.219. The number of fused-ring (bicyclic) bond motifs is 1. The number of para-hydroxylation sites is 1. The normalized spacial score (nSPS) is 11.7. The van der Waals surface area contributed by atoms with Crippen molar-refractivity contribution in [2.24, 2.45) is 0 Å². The zero-order chi connectivity index (χ0) is 24.7. The molecule has 0 bridgehead atoms. The highest BCUT2D eigenvalue weighted by Gasteiger charge is 2.30. The van der Waals surface area contributed by atoms with Crippen molar-refractivity contribution in [3.8, 4) is 28.1 Å². The molecule has 0 unspecified atom stereocenters. The third-order valence-electron chi connectivity index (χ3n) is 6.23. The summed E-state index contributed by atoms with van der Waals surface area (Å²) in [6, 6.07) is 27.7. The maximum absolute atomic E-state index is 14.2. The summed E-state index contributed by atoms with van der Waals surface area (Å²) in [5, 5.41) is 1.31. The minimum atomic E-state index is -3.96. The molecule has 176 valence electrons. The molecule has 35 heavy (non-hydrogen) atoms. The highest BCUT2D eigenvalue weighted by atomic mass is 35.5. The van der Waals surface area contributed by atoms with Gasteiger partial charge in [-0.15, -0.1) is 0 Å². The Morgan fingerprint density at radius 1 is 0.771 bits per heavy atom. The molecule has 0 aliphatic carbocycles. The molecule has 0 aliphatic rings. The van der Waals surface area contributed by atoms with Crippen LogP contribution < -0.4 is 4.74 Å². The molecular weight excluding hydrogens is 478 g/mol. The molecule has 4 nitrogen and oxygen atoms in total. The zero-order valence-electron chi connectivity index (χ0n) is 19.6. The number of rotatable bonds is 5. The van der Waals surface area contributed by atoms with Crippen LogP contribution in [0.5, 0.6) is 5.75 Å². The monoisotopic (exact) mass is 501 g/mol. The lowest BCUT2D eigenvalue weighted by atomic mass is 9.96. The summed E-state index contributed by atoms with van der Waals surface area (Å²) in [4.78, 5) is 0.219. The molecule has 1 aromatic heterocycles. The van der Waals surface area contributed by atoms with Gasteiger partial charge in [0.25, 0.3) is 10.0 Å². The number of benzene rings is 4. The molecule has 6 heteroatoms. The highest BCUT2D eigenvalue weighted by molar-refractivity contribution is 7.90. The number of hydrogen-bond donors (Lipinski definition) is 0. The maximum Gasteiger partial charge on any atom is 0.268 e. The first kappa shape index (κ1) is 23.2. The van der Waals surface area contributed by atoms with Crippen LogP contribution >= 0.6 is 11.6 Å². The largest absolute Gasteiger partial charge is 0.497 e. The fraction of sp³-hybridized carbons (Fsp3) is 0.103. The van der Waals surface area contributed by atoms with Gasteiger partial charge in [-0.2, -0.15) is 0 Å². The SMILES string of the molecule is COc1ccc(-c2c(-c3c(C)cccc3Cl)n(S(=O)(=O)c3ccc(C)cc3)c3ccccc23)cc1. The molecule has 5 rings (SSSR count). The molecular formula is C29H24ClNO3S. The number of aromatic nitrogens is 1. The van der Waals surface area contributed by atoms with Crippen LogP contribution in [0.2, 0.25) is 5.02 Å². The first-order valence-corrected chi connectivity index (χ1v) is 13.0. The minimum Gasteiger partial charge on any atom is -0.497 e. The van der Waals surface area contributed by atoms with Gasteiger partial charge in [0.15, 0.2) is 0 Å². The van der Waals surface area contributed by atoms with Crippen LogP contribution in [0, 0.1) is 13.8 Å². The van der Waals surface area contributed by atoms with E-state index in [9.17, 15) is 8.42 Å². The average Bonchev–Trinajstić information content (AvgIpc) is 3.20. The van der Waals surface area contributed by atoms with Gasteiger partial charge in [0, 0.05) is 16.5 Å². The first-order chi connectivity index (χ1) is 16.8. The van der Waals surface area contributed by atoms with Crippen LogP contribution in [0.15, 0.2) is 95.9 Å². The molecule has 0 saturated heterocycles. The van der Waals surface area contributed by atoms with Gasteiger partial charge in [-0.25, -0.2) is 12.4 Å². The number of aryl methyl sites for hydroxylation is 2. The molecule has 0 radical (unpaired) electrons. The second-order valence-electron chi connectivity index (χ2n) is 8.48. The van der Waals surface area contributed by atoms with E-state index in [0.29, 0.717) is 21.8 Å². The molecule has 0 atom stereocenters. The van der Waals surface area contributed by atoms with Gasteiger partial charge >= 0.3 is 0 Å². The Morgan fingerprint density at radius 3 is 2.11 bits per heavy atom. The lowest BCUT2D eigenvalue weighted by Crippen LogP contribution is -2.14. The van der Waals surface area contributed by atoms with E-state index in [2.05, 4.69) is 0 Å². The van der Waals surface area contributed by atoms with E-state index >= 15 is 0 Å². The third-order valence-corrected chi connectivity index (χ3v) is 8.27. The van der Waals surface area contributed by atoms with Crippen LogP contribution in [0.4, 0.5) is 0 Å². The summed E-state index contributed by atoms with van der Waals surface area (Å²) in [6.07, 6.45) is 0. The maximum atomic E-state index is 14.2. The molecule has 0 spiro atoms. The van der Waals surface area contributed by atoms with E-state index in [-0.39, 0.29) is 4.90 Å². The van der Waals surface area contributed by atoms with E-state index in [0.717, 1.165) is 33.4 Å². The molecule has 0 amide bonds. The van der Waals surface area contributed by atoms with E-state index in [1.165, 1.54) is 3.97 Å². The van der Waals surface area contributed by atoms with Gasteiger partial charge < -0.3 is 4.74 Å². The van der Waals surface area contributed by atoms with Crippen LogP contribution in [0.3, 0.4) is 0 Å². The van der Waals surface area contributed by atoms with E-state index in [1.54, 1.807) is 25.3 Å². The number of nitrogens with zero attached hydrogens (tertiary/aromatic N) is 1. The lowest BCUT2D eigenvalue weighted by Gasteiger charge is -2.17. The van der Waals surface area contributed by atoms with E-state index < -0.39 is 10.0 Å². The van der Waals surface area contributed by atoms with E-state index in [4.69, 9.17) is 16.3 Å². The molecule has 0 aliphatic heterocycles. The molecule has 0 N–H and O–H groups in total. The van der Waals surface area contributed by atoms with Crippen molar-refractivity contribution < 1.29 is 13.2 Å². The number of ether oxygens (including phenoxy) is 1. The van der Waals surface area contributed by atoms with Crippen molar-refractivity contribution in [3.63, 3.8) is 0 Å². The van der Waals surface area contributed by atoms with Crippen molar-refractivity contribution in [1.82, 2.24) is 3.97 Å². The van der Waals surface area contributed by atoms with Crippen LogP contribution in [-0.4, -0.2) is 19.5 Å². The fourth-order valence-corrected chi connectivity index (χ4v) is 6.33. The van der Waals surface area contributed by atoms with E-state index in [1.807, 2.05) is 86.6 Å². The van der Waals surface area contributed by atoms with Crippen molar-refractivity contribution in [3.05, 3.63) is 107 Å². The Kier molecular flexibility index (Phi) is 5.91. The first-order valence-electron chi connectivity index (χ1n) is 11.2. The summed E-state index contributed by atoms with van der Waals surface area (Å²) >= 11 is 6.76. The predicted octanol–water partition coefficient (Wildman–Crippen LogP) is 7.49. The topological polar surface area (TPSA) is 48.3 Å². The summed E-state index contributed by atoms with van der Waals surface area (Å²) < 4.78 is 35.2. The zero-order valence-corrected chi connectivity index (χ0v) is 21.2. The fourth-order valence-electron chi connectivity index (χ4n) is 4.49. The number of methoxy groups -OCH3 is 1. The Hall–Kier alpha value is -3.54. The third kappa shape index (κ3) is 3.91. The van der Waals surface area contributed by atoms with Crippen LogP contribution in [-0.2, 0) is 10.0 Å². The number of hydrogen-bond acceptors (Lipinski definition) is 3. The highest BCUT2D eigenvalue weighted by Crippen LogP contribution is 2.46. The predicted molar refractivity (Wildman–Crippen MR) is 143 cm³/mol. The second-order valence-corrected chi connectivity index (χ2v) is 10.7. The van der Waals surface area contributed by atoms with Gasteiger partial charge in [-0.3, -0.25) is 0 Å². The summed E-state index contributed by atoms with van der Waals surface area (Å²) in [6.45, 7) is 3.88. The Balaban J connectivity index is 1.97. The van der Waals surface area contributed by atoms with Crippen LogP contribution in [0.25, 0.3) is 33.3 Å². The van der Waals surface area contributed by atoms with Crippen molar-refractivity contribution in [2.45, 2.75) is 18.7 Å². The van der Waals surface area contributed by atoms with Crippen molar-refractivity contribution in [2.75, 3.05) is 7.11 Å².